The first-order valence-electron chi connectivity index (χ1n) is 4.80. The van der Waals surface area contributed by atoms with E-state index in [-0.39, 0.29) is 0 Å². The van der Waals surface area contributed by atoms with E-state index < -0.39 is 21.6 Å². The van der Waals surface area contributed by atoms with Crippen molar-refractivity contribution in [3.05, 3.63) is 48.5 Å². The Morgan fingerprint density at radius 3 is 1.06 bits per heavy atom. The van der Waals surface area contributed by atoms with E-state index in [2.05, 4.69) is 0 Å². The van der Waals surface area contributed by atoms with Crippen LogP contribution in [0, 0.1) is 0 Å². The smallest absolute Gasteiger partial charge is 0.0874 e. The van der Waals surface area contributed by atoms with Gasteiger partial charge in [0.25, 0.3) is 0 Å². The molecule has 2 aromatic carbocycles. The summed E-state index contributed by atoms with van der Waals surface area (Å²) in [5, 5.41) is 0. The average Bonchev–Trinajstić information content (AvgIpc) is 2.36. The monoisotopic (exact) mass is 248 g/mol. The minimum absolute atomic E-state index is 0.666. The van der Waals surface area contributed by atoms with Gasteiger partial charge in [-0.25, -0.2) is 8.42 Å². The van der Waals surface area contributed by atoms with E-state index in [9.17, 15) is 8.42 Å². The van der Waals surface area contributed by atoms with Crippen LogP contribution in [0.15, 0.2) is 68.1 Å². The largest absolute Gasteiger partial charge is 0.249 e. The molecular formula is C12H8O2S2. The fourth-order valence-corrected chi connectivity index (χ4v) is 4.94. The number of fused-ring (bicyclic) bond motifs is 2. The summed E-state index contributed by atoms with van der Waals surface area (Å²) < 4.78 is 24.5. The normalized spacial score (nSPS) is 22.2. The van der Waals surface area contributed by atoms with Crippen LogP contribution in [-0.4, -0.2) is 8.42 Å². The Bertz CT molecular complexity index is 514. The molecule has 2 aromatic rings. The van der Waals surface area contributed by atoms with Gasteiger partial charge >= 0.3 is 0 Å². The summed E-state index contributed by atoms with van der Waals surface area (Å²) >= 11 is 0. The molecule has 2 nitrogen and oxygen atoms in total. The van der Waals surface area contributed by atoms with E-state index in [1.165, 1.54) is 0 Å². The molecule has 0 saturated carbocycles. The Kier molecular flexibility index (Phi) is 2.26. The Morgan fingerprint density at radius 1 is 0.562 bits per heavy atom. The Balaban J connectivity index is 2.35. The fraction of sp³-hybridized carbons (Fsp3) is 0. The molecule has 0 bridgehead atoms. The summed E-state index contributed by atoms with van der Waals surface area (Å²) in [6.45, 7) is 0. The summed E-state index contributed by atoms with van der Waals surface area (Å²) in [6.07, 6.45) is 0. The molecule has 0 fully saturated rings. The maximum Gasteiger partial charge on any atom is 0.0874 e. The van der Waals surface area contributed by atoms with Crippen molar-refractivity contribution in [2.24, 2.45) is 0 Å². The zero-order valence-corrected chi connectivity index (χ0v) is 9.88. The lowest BCUT2D eigenvalue weighted by Gasteiger charge is -2.17. The molecule has 1 aliphatic rings. The molecule has 4 heteroatoms. The van der Waals surface area contributed by atoms with Crippen LogP contribution in [0.4, 0.5) is 0 Å². The highest BCUT2D eigenvalue weighted by atomic mass is 32.2. The van der Waals surface area contributed by atoms with E-state index >= 15 is 0 Å². The summed E-state index contributed by atoms with van der Waals surface area (Å²) in [7, 11) is -2.41. The van der Waals surface area contributed by atoms with E-state index in [0.717, 1.165) is 0 Å². The molecule has 1 heterocycles. The zero-order valence-electron chi connectivity index (χ0n) is 8.25. The van der Waals surface area contributed by atoms with Gasteiger partial charge < -0.3 is 0 Å². The topological polar surface area (TPSA) is 34.1 Å². The molecule has 0 spiro atoms. The van der Waals surface area contributed by atoms with Crippen LogP contribution in [0.5, 0.6) is 0 Å². The molecule has 0 unspecified atom stereocenters. The van der Waals surface area contributed by atoms with Crippen molar-refractivity contribution < 1.29 is 8.42 Å². The molecule has 0 atom stereocenters. The van der Waals surface area contributed by atoms with Gasteiger partial charge in [0.1, 0.15) is 0 Å². The minimum Gasteiger partial charge on any atom is -0.249 e. The van der Waals surface area contributed by atoms with E-state index in [1.54, 1.807) is 24.3 Å². The molecule has 1 aliphatic heterocycles. The quantitative estimate of drug-likeness (QED) is 0.612. The molecular weight excluding hydrogens is 240 g/mol. The predicted octanol–water partition coefficient (Wildman–Crippen LogP) is 2.33. The number of rotatable bonds is 0. The van der Waals surface area contributed by atoms with Gasteiger partial charge in [-0.15, -0.1) is 0 Å². The second-order valence-corrected chi connectivity index (χ2v) is 6.27. The van der Waals surface area contributed by atoms with E-state index in [4.69, 9.17) is 0 Å². The molecule has 0 saturated heterocycles. The minimum atomic E-state index is -1.20. The van der Waals surface area contributed by atoms with Crippen molar-refractivity contribution in [2.75, 3.05) is 0 Å². The maximum absolute atomic E-state index is 12.2. The van der Waals surface area contributed by atoms with E-state index in [1.807, 2.05) is 24.3 Å². The molecule has 3 rings (SSSR count). The standard InChI is InChI=1S/C12H8O2S2/c13-15-9-5-1-2-6-10(9)16(14)12-8-4-3-7-11(12)15/h1-8H. The van der Waals surface area contributed by atoms with Gasteiger partial charge in [-0.2, -0.15) is 0 Å². The summed E-state index contributed by atoms with van der Waals surface area (Å²) in [4.78, 5) is 2.66. The second kappa shape index (κ2) is 3.64. The third-order valence-electron chi connectivity index (χ3n) is 2.50. The SMILES string of the molecule is O=S1c2ccccc2S(=O)c2ccccc21. The van der Waals surface area contributed by atoms with Crippen LogP contribution in [0.2, 0.25) is 0 Å². The lowest BCUT2D eigenvalue weighted by molar-refractivity contribution is 0.665. The number of hydrogen-bond donors (Lipinski definition) is 0. The average molecular weight is 248 g/mol. The lowest BCUT2D eigenvalue weighted by atomic mass is 10.3. The van der Waals surface area contributed by atoms with Crippen molar-refractivity contribution in [3.8, 4) is 0 Å². The molecule has 0 radical (unpaired) electrons. The van der Waals surface area contributed by atoms with Crippen LogP contribution >= 0.6 is 0 Å². The molecule has 0 aliphatic carbocycles. The first-order valence-corrected chi connectivity index (χ1v) is 7.10. The van der Waals surface area contributed by atoms with Gasteiger partial charge in [0.15, 0.2) is 0 Å². The van der Waals surface area contributed by atoms with Crippen LogP contribution in [0.25, 0.3) is 0 Å². The van der Waals surface area contributed by atoms with Crippen molar-refractivity contribution in [1.29, 1.82) is 0 Å². The zero-order chi connectivity index (χ0) is 11.1. The van der Waals surface area contributed by atoms with Crippen molar-refractivity contribution in [2.45, 2.75) is 19.6 Å². The van der Waals surface area contributed by atoms with Crippen LogP contribution < -0.4 is 0 Å². The van der Waals surface area contributed by atoms with Crippen LogP contribution in [-0.2, 0) is 21.6 Å². The maximum atomic E-state index is 12.2. The van der Waals surface area contributed by atoms with Gasteiger partial charge in [0.2, 0.25) is 0 Å². The van der Waals surface area contributed by atoms with Gasteiger partial charge in [-0.05, 0) is 24.3 Å². The third-order valence-corrected chi connectivity index (χ3v) is 5.78. The van der Waals surface area contributed by atoms with Gasteiger partial charge in [0.05, 0.1) is 41.2 Å². The number of hydrogen-bond acceptors (Lipinski definition) is 2. The third kappa shape index (κ3) is 1.30. The van der Waals surface area contributed by atoms with E-state index in [0.29, 0.717) is 19.6 Å². The molecule has 80 valence electrons. The summed E-state index contributed by atoms with van der Waals surface area (Å²) in [6, 6.07) is 14.4. The van der Waals surface area contributed by atoms with Crippen molar-refractivity contribution in [3.63, 3.8) is 0 Å². The molecule has 0 aromatic heterocycles. The predicted molar refractivity (Wildman–Crippen MR) is 62.2 cm³/mol. The first-order chi connectivity index (χ1) is 7.79. The van der Waals surface area contributed by atoms with Crippen LogP contribution in [0.3, 0.4) is 0 Å². The Morgan fingerprint density at radius 2 is 0.812 bits per heavy atom. The molecule has 16 heavy (non-hydrogen) atoms. The van der Waals surface area contributed by atoms with Crippen molar-refractivity contribution >= 4 is 21.6 Å². The highest BCUT2D eigenvalue weighted by Gasteiger charge is 2.26. The highest BCUT2D eigenvalue weighted by Crippen LogP contribution is 2.34. The fourth-order valence-electron chi connectivity index (χ4n) is 1.75. The van der Waals surface area contributed by atoms with Gasteiger partial charge in [-0.1, -0.05) is 24.3 Å². The second-order valence-electron chi connectivity index (χ2n) is 3.43. The Hall–Kier alpha value is -1.26. The molecule has 0 N–H and O–H groups in total. The van der Waals surface area contributed by atoms with Gasteiger partial charge in [0, 0.05) is 0 Å². The summed E-state index contributed by atoms with van der Waals surface area (Å²) in [5.74, 6) is 0. The van der Waals surface area contributed by atoms with Crippen molar-refractivity contribution in [1.82, 2.24) is 0 Å². The number of benzene rings is 2. The Labute approximate surface area is 98.2 Å². The highest BCUT2D eigenvalue weighted by molar-refractivity contribution is 7.91. The molecule has 0 amide bonds. The van der Waals surface area contributed by atoms with Gasteiger partial charge in [-0.3, -0.25) is 0 Å². The first kappa shape index (κ1) is 9.93. The summed E-state index contributed by atoms with van der Waals surface area (Å²) in [5.41, 5.74) is 0. The van der Waals surface area contributed by atoms with Crippen LogP contribution in [0.1, 0.15) is 0 Å². The lowest BCUT2D eigenvalue weighted by Crippen LogP contribution is -2.10.